The number of rotatable bonds is 3. The molecule has 1 aromatic rings. The number of aromatic nitrogens is 1. The molecule has 0 radical (unpaired) electrons. The van der Waals surface area contributed by atoms with Crippen molar-refractivity contribution < 1.29 is 9.53 Å². The van der Waals surface area contributed by atoms with E-state index in [0.29, 0.717) is 0 Å². The molecule has 1 unspecified atom stereocenters. The molecule has 0 saturated heterocycles. The Morgan fingerprint density at radius 3 is 2.80 bits per heavy atom. The summed E-state index contributed by atoms with van der Waals surface area (Å²) in [6.07, 6.45) is 3.26. The molecule has 110 valence electrons. The summed E-state index contributed by atoms with van der Waals surface area (Å²) in [4.78, 5) is 11.9. The lowest BCUT2D eigenvalue weighted by molar-refractivity contribution is 0.134. The Balaban J connectivity index is 1.98. The molecule has 7 heteroatoms. The van der Waals surface area contributed by atoms with Crippen molar-refractivity contribution in [2.24, 2.45) is 0 Å². The highest BCUT2D eigenvalue weighted by atomic mass is 127. The van der Waals surface area contributed by atoms with Gasteiger partial charge in [-0.3, -0.25) is 5.32 Å². The summed E-state index contributed by atoms with van der Waals surface area (Å²) in [5.41, 5.74) is 2.58. The number of nitrogens with zero attached hydrogens (tertiary/aromatic N) is 1. The van der Waals surface area contributed by atoms with Gasteiger partial charge in [0.15, 0.2) is 0 Å². The predicted molar refractivity (Wildman–Crippen MR) is 90.5 cm³/mol. The third-order valence-corrected chi connectivity index (χ3v) is 5.56. The second-order valence-electron chi connectivity index (χ2n) is 4.73. The fourth-order valence-corrected chi connectivity index (χ4v) is 3.96. The van der Waals surface area contributed by atoms with Crippen LogP contribution in [-0.4, -0.2) is 16.6 Å². The summed E-state index contributed by atoms with van der Waals surface area (Å²) in [7, 11) is 0. The minimum absolute atomic E-state index is 0.285. The maximum Gasteiger partial charge on any atom is 0.412 e. The molecule has 1 aliphatic rings. The number of halogens is 2. The molecule has 1 N–H and O–H groups in total. The van der Waals surface area contributed by atoms with E-state index in [-0.39, 0.29) is 6.10 Å². The maximum atomic E-state index is 11.9. The van der Waals surface area contributed by atoms with E-state index in [1.807, 2.05) is 13.8 Å². The topological polar surface area (TPSA) is 51.2 Å². The predicted octanol–water partition coefficient (Wildman–Crippen LogP) is 5.06. The smallest absolute Gasteiger partial charge is 0.412 e. The minimum atomic E-state index is -0.457. The van der Waals surface area contributed by atoms with Crippen molar-refractivity contribution in [2.45, 2.75) is 45.6 Å². The Labute approximate surface area is 141 Å². The number of nitrogens with one attached hydrogen (secondary N) is 1. The summed E-state index contributed by atoms with van der Waals surface area (Å²) in [5.74, 6) is 0. The zero-order chi connectivity index (χ0) is 14.7. The number of ether oxygens (including phenoxy) is 1. The first-order chi connectivity index (χ1) is 9.49. The van der Waals surface area contributed by atoms with Gasteiger partial charge in [-0.15, -0.1) is 0 Å². The quantitative estimate of drug-likeness (QED) is 0.687. The van der Waals surface area contributed by atoms with Gasteiger partial charge >= 0.3 is 6.09 Å². The molecule has 20 heavy (non-hydrogen) atoms. The summed E-state index contributed by atoms with van der Waals surface area (Å²) in [6, 6.07) is 0. The number of aryl methyl sites for hydroxylation is 1. The zero-order valence-corrected chi connectivity index (χ0v) is 15.1. The summed E-state index contributed by atoms with van der Waals surface area (Å²) >= 11 is 9.72. The number of hydrogen-bond acceptors (Lipinski definition) is 4. The highest BCUT2D eigenvalue weighted by Crippen LogP contribution is 2.31. The lowest BCUT2D eigenvalue weighted by atomic mass is 9.96. The standard InChI is InChI=1S/C13H16ClIN2O2S/c1-7-11(12(15)20-17-7)16-13(18)19-8(2)9-5-3-4-6-10(9)14/h8H,3-6H2,1-2H3,(H,16,18). The van der Waals surface area contributed by atoms with E-state index in [0.717, 1.165) is 50.6 Å². The molecule has 0 aliphatic heterocycles. The number of carbonyl (C=O) groups excluding carboxylic acids is 1. The SMILES string of the molecule is Cc1nsc(I)c1NC(=O)OC(C)C1=C(Cl)CCCC1. The lowest BCUT2D eigenvalue weighted by Crippen LogP contribution is -2.23. The molecule has 0 fully saturated rings. The van der Waals surface area contributed by atoms with Gasteiger partial charge in [0.2, 0.25) is 0 Å². The van der Waals surface area contributed by atoms with E-state index in [4.69, 9.17) is 16.3 Å². The summed E-state index contributed by atoms with van der Waals surface area (Å²) < 4.78 is 10.6. The van der Waals surface area contributed by atoms with Crippen LogP contribution in [0.1, 0.15) is 38.3 Å². The van der Waals surface area contributed by atoms with Crippen LogP contribution in [0.3, 0.4) is 0 Å². The van der Waals surface area contributed by atoms with Crippen LogP contribution in [0.5, 0.6) is 0 Å². The Bertz CT molecular complexity index is 525. The van der Waals surface area contributed by atoms with E-state index < -0.39 is 6.09 Å². The minimum Gasteiger partial charge on any atom is -0.442 e. The Hall–Kier alpha value is -0.340. The van der Waals surface area contributed by atoms with Crippen LogP contribution in [-0.2, 0) is 4.74 Å². The molecular formula is C13H16ClIN2O2S. The normalized spacial score (nSPS) is 17.0. The Kier molecular flexibility index (Phi) is 5.68. The van der Waals surface area contributed by atoms with Gasteiger partial charge in [0.1, 0.15) is 8.99 Å². The number of carbonyl (C=O) groups is 1. The fourth-order valence-electron chi connectivity index (χ4n) is 2.16. The second kappa shape index (κ2) is 7.09. The highest BCUT2D eigenvalue weighted by Gasteiger charge is 2.21. The van der Waals surface area contributed by atoms with Crippen molar-refractivity contribution in [3.8, 4) is 0 Å². The van der Waals surface area contributed by atoms with Crippen molar-refractivity contribution in [3.63, 3.8) is 0 Å². The molecule has 1 aromatic heterocycles. The van der Waals surface area contributed by atoms with Crippen LogP contribution >= 0.6 is 45.7 Å². The van der Waals surface area contributed by atoms with E-state index in [1.165, 1.54) is 11.5 Å². The molecule has 0 bridgehead atoms. The van der Waals surface area contributed by atoms with Gasteiger partial charge in [0, 0.05) is 5.03 Å². The van der Waals surface area contributed by atoms with Crippen molar-refractivity contribution >= 4 is 57.5 Å². The molecular weight excluding hydrogens is 411 g/mol. The van der Waals surface area contributed by atoms with Crippen LogP contribution in [0.15, 0.2) is 10.6 Å². The van der Waals surface area contributed by atoms with Crippen LogP contribution in [0.2, 0.25) is 0 Å². The summed E-state index contributed by atoms with van der Waals surface area (Å²) in [5, 5.41) is 3.60. The first kappa shape index (κ1) is 16.0. The third kappa shape index (κ3) is 3.85. The van der Waals surface area contributed by atoms with E-state index in [2.05, 4.69) is 32.3 Å². The van der Waals surface area contributed by atoms with E-state index in [9.17, 15) is 4.79 Å². The van der Waals surface area contributed by atoms with Crippen molar-refractivity contribution in [2.75, 3.05) is 5.32 Å². The molecule has 0 aromatic carbocycles. The first-order valence-corrected chi connectivity index (χ1v) is 8.69. The van der Waals surface area contributed by atoms with Crippen molar-refractivity contribution in [1.29, 1.82) is 0 Å². The maximum absolute atomic E-state index is 11.9. The molecule has 1 atom stereocenters. The van der Waals surface area contributed by atoms with Gasteiger partial charge in [0.05, 0.1) is 11.4 Å². The van der Waals surface area contributed by atoms with Gasteiger partial charge < -0.3 is 4.74 Å². The van der Waals surface area contributed by atoms with Gasteiger partial charge in [-0.25, -0.2) is 4.79 Å². The average molecular weight is 427 g/mol. The number of hydrogen-bond donors (Lipinski definition) is 1. The monoisotopic (exact) mass is 426 g/mol. The molecule has 1 aliphatic carbocycles. The van der Waals surface area contributed by atoms with Gasteiger partial charge in [-0.1, -0.05) is 11.6 Å². The summed E-state index contributed by atoms with van der Waals surface area (Å²) in [6.45, 7) is 3.73. The first-order valence-electron chi connectivity index (χ1n) is 6.46. The van der Waals surface area contributed by atoms with Crippen LogP contribution in [0, 0.1) is 9.81 Å². The fraction of sp³-hybridized carbons (Fsp3) is 0.538. The molecule has 0 saturated carbocycles. The van der Waals surface area contributed by atoms with Crippen molar-refractivity contribution in [1.82, 2.24) is 4.37 Å². The third-order valence-electron chi connectivity index (χ3n) is 3.26. The van der Waals surface area contributed by atoms with Gasteiger partial charge in [0.25, 0.3) is 0 Å². The highest BCUT2D eigenvalue weighted by molar-refractivity contribution is 14.1. The van der Waals surface area contributed by atoms with Crippen LogP contribution in [0.4, 0.5) is 10.5 Å². The van der Waals surface area contributed by atoms with Gasteiger partial charge in [-0.2, -0.15) is 4.37 Å². The largest absolute Gasteiger partial charge is 0.442 e. The molecule has 2 rings (SSSR count). The molecule has 0 spiro atoms. The zero-order valence-electron chi connectivity index (χ0n) is 11.3. The van der Waals surface area contributed by atoms with Crippen molar-refractivity contribution in [3.05, 3.63) is 19.2 Å². The molecule has 1 amide bonds. The Morgan fingerprint density at radius 1 is 1.50 bits per heavy atom. The molecule has 1 heterocycles. The van der Waals surface area contributed by atoms with E-state index >= 15 is 0 Å². The lowest BCUT2D eigenvalue weighted by Gasteiger charge is -2.22. The van der Waals surface area contributed by atoms with Gasteiger partial charge in [-0.05, 0) is 79.2 Å². The number of amides is 1. The second-order valence-corrected chi connectivity index (χ2v) is 7.77. The average Bonchev–Trinajstić information content (AvgIpc) is 2.71. The Morgan fingerprint density at radius 2 is 2.20 bits per heavy atom. The number of anilines is 1. The molecule has 4 nitrogen and oxygen atoms in total. The number of allylic oxidation sites excluding steroid dienone is 1. The van der Waals surface area contributed by atoms with Crippen LogP contribution in [0.25, 0.3) is 0 Å². The van der Waals surface area contributed by atoms with E-state index in [1.54, 1.807) is 0 Å². The van der Waals surface area contributed by atoms with Crippen LogP contribution < -0.4 is 5.32 Å².